The van der Waals surface area contributed by atoms with Gasteiger partial charge in [-0.05, 0) is 70.0 Å². The molecule has 0 aromatic heterocycles. The van der Waals surface area contributed by atoms with Crippen molar-refractivity contribution in [3.05, 3.63) is 102 Å². The van der Waals surface area contributed by atoms with Gasteiger partial charge in [-0.15, -0.1) is 0 Å². The Balaban J connectivity index is 2.61. The van der Waals surface area contributed by atoms with E-state index < -0.39 is 0 Å². The van der Waals surface area contributed by atoms with Crippen LogP contribution in [0.1, 0.15) is 12.5 Å². The summed E-state index contributed by atoms with van der Waals surface area (Å²) in [5, 5.41) is 4.06. The van der Waals surface area contributed by atoms with E-state index in [0.29, 0.717) is 16.9 Å². The van der Waals surface area contributed by atoms with E-state index in [1.165, 1.54) is 0 Å². The maximum atomic E-state index is 4.78. The Morgan fingerprint density at radius 1 is 0.885 bits per heavy atom. The van der Waals surface area contributed by atoms with E-state index in [9.17, 15) is 0 Å². The van der Waals surface area contributed by atoms with Gasteiger partial charge in [-0.2, -0.15) is 0 Å². The molecule has 0 aliphatic rings. The lowest BCUT2D eigenvalue weighted by Gasteiger charge is -2.13. The topological polar surface area (TPSA) is 12.4 Å². The number of aliphatic imine (C=N–C) groups is 1. The number of aryl methyl sites for hydroxylation is 1. The molecule has 0 N–H and O–H groups in total. The van der Waals surface area contributed by atoms with E-state index in [1.807, 2.05) is 32.0 Å². The van der Waals surface area contributed by atoms with Gasteiger partial charge in [0.15, 0.2) is 0 Å². The summed E-state index contributed by atoms with van der Waals surface area (Å²) in [5.41, 5.74) is 5.58. The molecule has 0 saturated carbocycles. The van der Waals surface area contributed by atoms with Crippen molar-refractivity contribution in [1.82, 2.24) is 0 Å². The molecule has 0 saturated heterocycles. The fraction of sp³-hybridized carbons (Fsp3) is 0.0800. The Hall–Kier alpha value is -3.19. The minimum Gasteiger partial charge on any atom is -0.248 e. The second-order valence-corrected chi connectivity index (χ2v) is 6.49. The summed E-state index contributed by atoms with van der Waals surface area (Å²) in [6.45, 7) is 32.1. The lowest BCUT2D eigenvalue weighted by molar-refractivity contribution is 1.38. The summed E-state index contributed by atoms with van der Waals surface area (Å²) in [6, 6.07) is 8.09. The molecule has 0 atom stereocenters. The highest BCUT2D eigenvalue weighted by Crippen LogP contribution is 2.27. The first-order valence-electron chi connectivity index (χ1n) is 8.33. The van der Waals surface area contributed by atoms with Crippen molar-refractivity contribution >= 4 is 35.3 Å². The van der Waals surface area contributed by atoms with Gasteiger partial charge in [0, 0.05) is 5.57 Å². The van der Waals surface area contributed by atoms with Crippen LogP contribution in [0.4, 0.5) is 5.69 Å². The van der Waals surface area contributed by atoms with Gasteiger partial charge in [-0.1, -0.05) is 63.8 Å². The number of allylic oxidation sites excluding steroid dienone is 5. The van der Waals surface area contributed by atoms with E-state index in [1.54, 1.807) is 6.08 Å². The monoisotopic (exact) mass is 339 g/mol. The van der Waals surface area contributed by atoms with Crippen molar-refractivity contribution in [1.29, 1.82) is 0 Å². The molecular weight excluding hydrogens is 314 g/mol. The first kappa shape index (κ1) is 19.1. The van der Waals surface area contributed by atoms with Crippen molar-refractivity contribution in [2.75, 3.05) is 0 Å². The molecule has 0 spiro atoms. The average molecular weight is 339 g/mol. The number of fused-ring (bicyclic) bond motifs is 1. The molecule has 2 rings (SSSR count). The van der Waals surface area contributed by atoms with Crippen molar-refractivity contribution in [3.63, 3.8) is 0 Å². The van der Waals surface area contributed by atoms with Gasteiger partial charge in [0.25, 0.3) is 0 Å². The van der Waals surface area contributed by atoms with Gasteiger partial charge < -0.3 is 0 Å². The molecule has 1 nitrogen and oxygen atoms in total. The Labute approximate surface area is 156 Å². The van der Waals surface area contributed by atoms with E-state index in [0.717, 1.165) is 43.6 Å². The quantitative estimate of drug-likeness (QED) is 0.489. The van der Waals surface area contributed by atoms with Crippen molar-refractivity contribution < 1.29 is 0 Å². The number of benzene rings is 2. The molecule has 0 unspecified atom stereocenters. The van der Waals surface area contributed by atoms with Crippen LogP contribution in [0.3, 0.4) is 0 Å². The Kier molecular flexibility index (Phi) is 5.42. The first-order valence-corrected chi connectivity index (χ1v) is 8.33. The second-order valence-electron chi connectivity index (χ2n) is 6.49. The Morgan fingerprint density at radius 2 is 1.42 bits per heavy atom. The fourth-order valence-electron chi connectivity index (χ4n) is 2.69. The van der Waals surface area contributed by atoms with Crippen LogP contribution < -0.4 is 10.4 Å². The molecule has 2 aromatic rings. The molecule has 0 heterocycles. The van der Waals surface area contributed by atoms with Gasteiger partial charge in [0.05, 0.1) is 11.4 Å². The largest absolute Gasteiger partial charge is 0.248 e. The van der Waals surface area contributed by atoms with Crippen LogP contribution >= 0.6 is 0 Å². The third kappa shape index (κ3) is 3.57. The van der Waals surface area contributed by atoms with Gasteiger partial charge in [-0.25, -0.2) is 4.99 Å². The lowest BCUT2D eigenvalue weighted by Crippen LogP contribution is -2.09. The summed E-state index contributed by atoms with van der Waals surface area (Å²) < 4.78 is 0. The minimum atomic E-state index is 0.663. The molecule has 0 amide bonds. The van der Waals surface area contributed by atoms with E-state index in [2.05, 4.69) is 52.1 Å². The molecule has 0 radical (unpaired) electrons. The molecule has 26 heavy (non-hydrogen) atoms. The Bertz CT molecular complexity index is 1110. The number of hydrogen-bond donors (Lipinski definition) is 0. The molecule has 0 fully saturated rings. The SMILES string of the molecule is C=CC(=Nc1cc2c(=C)ccc(=C)c2cc1C)C(=C)C(=C)C(=C)C(=C)C. The normalized spacial score (nSPS) is 11.2. The maximum Gasteiger partial charge on any atom is 0.0703 e. The van der Waals surface area contributed by atoms with Crippen LogP contribution in [0.2, 0.25) is 0 Å². The van der Waals surface area contributed by atoms with Crippen molar-refractivity contribution in [2.24, 2.45) is 4.99 Å². The van der Waals surface area contributed by atoms with Crippen LogP contribution in [0.15, 0.2) is 90.5 Å². The first-order chi connectivity index (χ1) is 12.2. The second kappa shape index (κ2) is 7.37. The van der Waals surface area contributed by atoms with Crippen LogP contribution in [0, 0.1) is 6.92 Å². The summed E-state index contributed by atoms with van der Waals surface area (Å²) in [7, 11) is 0. The van der Waals surface area contributed by atoms with Gasteiger partial charge >= 0.3 is 0 Å². The predicted octanol–water partition coefficient (Wildman–Crippen LogP) is 5.47. The Morgan fingerprint density at radius 3 is 1.92 bits per heavy atom. The maximum absolute atomic E-state index is 4.78. The zero-order chi connectivity index (χ0) is 19.6. The fourth-order valence-corrected chi connectivity index (χ4v) is 2.69. The molecule has 130 valence electrons. The summed E-state index contributed by atoms with van der Waals surface area (Å²) >= 11 is 0. The van der Waals surface area contributed by atoms with Gasteiger partial charge in [0.1, 0.15) is 0 Å². The smallest absolute Gasteiger partial charge is 0.0703 e. The van der Waals surface area contributed by atoms with Gasteiger partial charge in [0.2, 0.25) is 0 Å². The van der Waals surface area contributed by atoms with Crippen molar-refractivity contribution in [3.8, 4) is 0 Å². The lowest BCUT2D eigenvalue weighted by atomic mass is 9.94. The van der Waals surface area contributed by atoms with E-state index >= 15 is 0 Å². The molecule has 0 bridgehead atoms. The van der Waals surface area contributed by atoms with Crippen LogP contribution in [-0.2, 0) is 0 Å². The molecular formula is C25H25N. The summed E-state index contributed by atoms with van der Waals surface area (Å²) in [6.07, 6.45) is 1.69. The highest BCUT2D eigenvalue weighted by atomic mass is 14.7. The highest BCUT2D eigenvalue weighted by Gasteiger charge is 2.11. The average Bonchev–Trinajstić information content (AvgIpc) is 2.61. The van der Waals surface area contributed by atoms with Crippen LogP contribution in [0.25, 0.3) is 23.9 Å². The highest BCUT2D eigenvalue weighted by molar-refractivity contribution is 6.13. The minimum absolute atomic E-state index is 0.663. The third-order valence-corrected chi connectivity index (χ3v) is 4.50. The van der Waals surface area contributed by atoms with E-state index in [-0.39, 0.29) is 0 Å². The van der Waals surface area contributed by atoms with E-state index in [4.69, 9.17) is 4.99 Å². The molecule has 1 heteroatoms. The summed E-state index contributed by atoms with van der Waals surface area (Å²) in [4.78, 5) is 4.78. The molecule has 0 aliphatic carbocycles. The summed E-state index contributed by atoms with van der Waals surface area (Å²) in [5.74, 6) is 0. The van der Waals surface area contributed by atoms with Crippen molar-refractivity contribution in [2.45, 2.75) is 13.8 Å². The molecule has 0 aliphatic heterocycles. The number of hydrogen-bond acceptors (Lipinski definition) is 1. The third-order valence-electron chi connectivity index (χ3n) is 4.50. The predicted molar refractivity (Wildman–Crippen MR) is 119 cm³/mol. The number of nitrogens with zero attached hydrogens (tertiary/aromatic N) is 1. The molecule has 2 aromatic carbocycles. The van der Waals surface area contributed by atoms with Crippen LogP contribution in [0.5, 0.6) is 0 Å². The standard InChI is InChI=1S/C25H25N/c1-10-24(21(9)20(8)19(7)15(2)3)26-25-14-23-17(5)12-11-16(4)22(23)13-18(25)6/h10-14H,1-2,4-5,7-9H2,3,6H3. The number of rotatable bonds is 6. The zero-order valence-electron chi connectivity index (χ0n) is 15.8. The zero-order valence-corrected chi connectivity index (χ0v) is 15.8. The van der Waals surface area contributed by atoms with Gasteiger partial charge in [-0.3, -0.25) is 0 Å². The van der Waals surface area contributed by atoms with Crippen LogP contribution in [-0.4, -0.2) is 5.71 Å².